The van der Waals surface area contributed by atoms with Gasteiger partial charge in [-0.15, -0.1) is 0 Å². The smallest absolute Gasteiger partial charge is 0.313 e. The molecule has 4 rings (SSSR count). The number of hydrogen-bond acceptors (Lipinski definition) is 5. The number of carboxylic acids is 1. The van der Waals surface area contributed by atoms with E-state index in [4.69, 9.17) is 9.47 Å². The molecule has 0 aliphatic carbocycles. The topological polar surface area (TPSA) is 88.1 Å². The first-order valence-electron chi connectivity index (χ1n) is 12.3. The maximum atomic E-state index is 13.2. The van der Waals surface area contributed by atoms with E-state index in [-0.39, 0.29) is 12.0 Å². The molecule has 7 nitrogen and oxygen atoms in total. The van der Waals surface area contributed by atoms with Crippen LogP contribution in [0.4, 0.5) is 11.4 Å². The number of benzene rings is 3. The van der Waals surface area contributed by atoms with Crippen LogP contribution < -0.4 is 19.7 Å². The summed E-state index contributed by atoms with van der Waals surface area (Å²) in [5, 5.41) is 12.5. The number of rotatable bonds is 7. The van der Waals surface area contributed by atoms with Crippen LogP contribution in [0.5, 0.6) is 11.5 Å². The number of carbonyl (C=O) groups is 2. The van der Waals surface area contributed by atoms with Gasteiger partial charge in [0.25, 0.3) is 5.91 Å². The van der Waals surface area contributed by atoms with E-state index in [1.54, 1.807) is 19.9 Å². The second-order valence-corrected chi connectivity index (χ2v) is 10.3. The molecule has 194 valence electrons. The number of nitrogens with zero attached hydrogens (tertiary/aromatic N) is 1. The van der Waals surface area contributed by atoms with Crippen LogP contribution in [0.3, 0.4) is 0 Å². The van der Waals surface area contributed by atoms with Gasteiger partial charge in [0.05, 0.1) is 17.6 Å². The first-order valence-corrected chi connectivity index (χ1v) is 12.3. The summed E-state index contributed by atoms with van der Waals surface area (Å²) in [6.07, 6.45) is -0.117. The molecular formula is C30H34N2O5. The highest BCUT2D eigenvalue weighted by molar-refractivity contribution is 6.05. The molecule has 3 aromatic carbocycles. The van der Waals surface area contributed by atoms with Gasteiger partial charge in [-0.1, -0.05) is 18.2 Å². The fraction of sp³-hybridized carbons (Fsp3) is 0.333. The van der Waals surface area contributed by atoms with Crippen LogP contribution >= 0.6 is 0 Å². The first kappa shape index (κ1) is 26.1. The lowest BCUT2D eigenvalue weighted by Gasteiger charge is -2.33. The van der Waals surface area contributed by atoms with Crippen LogP contribution in [0.15, 0.2) is 54.6 Å². The van der Waals surface area contributed by atoms with Gasteiger partial charge in [-0.05, 0) is 93.3 Å². The second-order valence-electron chi connectivity index (χ2n) is 10.3. The number of aliphatic carboxylic acids is 1. The third-order valence-electron chi connectivity index (χ3n) is 6.83. The summed E-state index contributed by atoms with van der Waals surface area (Å²) in [7, 11) is 2.04. The third-order valence-corrected chi connectivity index (χ3v) is 6.83. The summed E-state index contributed by atoms with van der Waals surface area (Å²) >= 11 is 0. The minimum atomic E-state index is -1.07. The van der Waals surface area contributed by atoms with Crippen molar-refractivity contribution in [1.82, 2.24) is 0 Å². The third kappa shape index (κ3) is 5.56. The van der Waals surface area contributed by atoms with Gasteiger partial charge < -0.3 is 24.8 Å². The molecule has 7 heteroatoms. The number of amides is 1. The number of ether oxygens (including phenoxy) is 2. The van der Waals surface area contributed by atoms with Crippen LogP contribution in [0, 0.1) is 20.8 Å². The standard InChI is InChI=1S/C30H34N2O5/c1-18-11-21(30(4,5)29(34)35)15-22(12-18)31-28(33)24-13-20(3)27(14-19(24)2)36-17-23-16-32(6)25-9-7-8-10-26(25)37-23/h7-15,23H,16-17H2,1-6H3,(H,31,33)(H,34,35)/t23-/m0/s1. The molecule has 0 spiro atoms. The maximum absolute atomic E-state index is 13.2. The zero-order valence-electron chi connectivity index (χ0n) is 22.2. The largest absolute Gasteiger partial charge is 0.489 e. The molecule has 1 heterocycles. The molecule has 0 saturated heterocycles. The molecular weight excluding hydrogens is 468 g/mol. The fourth-order valence-electron chi connectivity index (χ4n) is 4.49. The van der Waals surface area contributed by atoms with E-state index in [2.05, 4.69) is 10.2 Å². The average molecular weight is 503 g/mol. The Bertz CT molecular complexity index is 1350. The zero-order chi connectivity index (χ0) is 26.9. The molecule has 1 aliphatic heterocycles. The van der Waals surface area contributed by atoms with E-state index in [1.807, 2.05) is 76.3 Å². The molecule has 37 heavy (non-hydrogen) atoms. The molecule has 3 aromatic rings. The van der Waals surface area contributed by atoms with Crippen molar-refractivity contribution in [2.45, 2.75) is 46.1 Å². The van der Waals surface area contributed by atoms with Crippen molar-refractivity contribution in [2.24, 2.45) is 0 Å². The SMILES string of the molecule is Cc1cc(NC(=O)c2cc(C)c(OC[C@@H]3CN(C)c4ccccc4O3)cc2C)cc(C(C)(C)C(=O)O)c1. The van der Waals surface area contributed by atoms with Crippen LogP contribution in [0.1, 0.15) is 46.5 Å². The number of para-hydroxylation sites is 2. The highest BCUT2D eigenvalue weighted by atomic mass is 16.5. The van der Waals surface area contributed by atoms with Crippen molar-refractivity contribution in [2.75, 3.05) is 30.4 Å². The van der Waals surface area contributed by atoms with E-state index in [0.717, 1.165) is 28.1 Å². The Morgan fingerprint density at radius 3 is 2.54 bits per heavy atom. The number of likely N-dealkylation sites (N-methyl/N-ethyl adjacent to an activating group) is 1. The normalized spacial score (nSPS) is 15.0. The molecule has 0 unspecified atom stereocenters. The van der Waals surface area contributed by atoms with Crippen LogP contribution in [0.2, 0.25) is 0 Å². The van der Waals surface area contributed by atoms with Gasteiger partial charge in [0.2, 0.25) is 0 Å². The minimum absolute atomic E-state index is 0.117. The highest BCUT2D eigenvalue weighted by Crippen LogP contribution is 2.33. The molecule has 0 bridgehead atoms. The number of fused-ring (bicyclic) bond motifs is 1. The number of anilines is 2. The molecule has 1 amide bonds. The number of carbonyl (C=O) groups excluding carboxylic acids is 1. The first-order chi connectivity index (χ1) is 17.5. The Kier molecular flexibility index (Phi) is 7.16. The summed E-state index contributed by atoms with van der Waals surface area (Å²) < 4.78 is 12.2. The van der Waals surface area contributed by atoms with Crippen molar-refractivity contribution in [3.8, 4) is 11.5 Å². The summed E-state index contributed by atoms with van der Waals surface area (Å²) in [4.78, 5) is 27.0. The lowest BCUT2D eigenvalue weighted by molar-refractivity contribution is -0.142. The predicted molar refractivity (Wildman–Crippen MR) is 145 cm³/mol. The second kappa shape index (κ2) is 10.2. The van der Waals surface area contributed by atoms with Crippen molar-refractivity contribution in [3.63, 3.8) is 0 Å². The van der Waals surface area contributed by atoms with E-state index in [0.29, 0.717) is 35.7 Å². The lowest BCUT2D eigenvalue weighted by Crippen LogP contribution is -2.41. The lowest BCUT2D eigenvalue weighted by atomic mass is 9.84. The molecule has 1 atom stereocenters. The number of nitrogens with one attached hydrogen (secondary N) is 1. The van der Waals surface area contributed by atoms with E-state index in [9.17, 15) is 14.7 Å². The zero-order valence-corrected chi connectivity index (χ0v) is 22.2. The quantitative estimate of drug-likeness (QED) is 0.443. The number of carboxylic acid groups (broad SMARTS) is 1. The van der Waals surface area contributed by atoms with Crippen molar-refractivity contribution in [3.05, 3.63) is 82.4 Å². The molecule has 0 aromatic heterocycles. The molecule has 0 saturated carbocycles. The minimum Gasteiger partial charge on any atom is -0.489 e. The van der Waals surface area contributed by atoms with Gasteiger partial charge >= 0.3 is 5.97 Å². The Balaban J connectivity index is 1.47. The molecule has 1 aliphatic rings. The van der Waals surface area contributed by atoms with Crippen molar-refractivity contribution >= 4 is 23.3 Å². The summed E-state index contributed by atoms with van der Waals surface area (Å²) in [6.45, 7) is 10.1. The Hall–Kier alpha value is -4.00. The predicted octanol–water partition coefficient (Wildman–Crippen LogP) is 5.50. The van der Waals surface area contributed by atoms with Gasteiger partial charge in [0, 0.05) is 18.3 Å². The summed E-state index contributed by atoms with van der Waals surface area (Å²) in [5.41, 5.74) is 4.21. The Morgan fingerprint density at radius 2 is 1.81 bits per heavy atom. The van der Waals surface area contributed by atoms with Crippen molar-refractivity contribution in [1.29, 1.82) is 0 Å². The van der Waals surface area contributed by atoms with E-state index in [1.165, 1.54) is 0 Å². The fourth-order valence-corrected chi connectivity index (χ4v) is 4.49. The molecule has 0 fully saturated rings. The Morgan fingerprint density at radius 1 is 1.08 bits per heavy atom. The summed E-state index contributed by atoms with van der Waals surface area (Å²) in [5.74, 6) is 0.369. The number of hydrogen-bond donors (Lipinski definition) is 2. The average Bonchev–Trinajstić information content (AvgIpc) is 2.83. The van der Waals surface area contributed by atoms with Gasteiger partial charge in [0.15, 0.2) is 0 Å². The molecule has 0 radical (unpaired) electrons. The van der Waals surface area contributed by atoms with Gasteiger partial charge in [-0.3, -0.25) is 9.59 Å². The van der Waals surface area contributed by atoms with E-state index < -0.39 is 11.4 Å². The van der Waals surface area contributed by atoms with Crippen molar-refractivity contribution < 1.29 is 24.2 Å². The Labute approximate surface area is 218 Å². The van der Waals surface area contributed by atoms with Gasteiger partial charge in [0.1, 0.15) is 24.2 Å². The van der Waals surface area contributed by atoms with Crippen LogP contribution in [0.25, 0.3) is 0 Å². The van der Waals surface area contributed by atoms with Crippen LogP contribution in [-0.2, 0) is 10.2 Å². The highest BCUT2D eigenvalue weighted by Gasteiger charge is 2.30. The van der Waals surface area contributed by atoms with Crippen LogP contribution in [-0.4, -0.2) is 43.3 Å². The van der Waals surface area contributed by atoms with Gasteiger partial charge in [-0.2, -0.15) is 0 Å². The maximum Gasteiger partial charge on any atom is 0.313 e. The summed E-state index contributed by atoms with van der Waals surface area (Å²) in [6, 6.07) is 17.0. The van der Waals surface area contributed by atoms with E-state index >= 15 is 0 Å². The van der Waals surface area contributed by atoms with Gasteiger partial charge in [-0.25, -0.2) is 0 Å². The number of aryl methyl sites for hydroxylation is 3. The molecule has 2 N–H and O–H groups in total. The monoisotopic (exact) mass is 502 g/mol.